The highest BCUT2D eigenvalue weighted by atomic mass is 28.4. The van der Waals surface area contributed by atoms with Crippen molar-refractivity contribution in [2.75, 3.05) is 28.1 Å². The van der Waals surface area contributed by atoms with Gasteiger partial charge < -0.3 is 28.2 Å². The maximum absolute atomic E-state index is 12.4. The number of rotatable bonds is 14. The van der Waals surface area contributed by atoms with Gasteiger partial charge in [-0.2, -0.15) is 0 Å². The molecule has 0 unspecified atom stereocenters. The van der Waals surface area contributed by atoms with Crippen LogP contribution in [0.15, 0.2) is 12.1 Å². The molecule has 2 rings (SSSR count). The molecule has 12 nitrogen and oxygen atoms in total. The van der Waals surface area contributed by atoms with Gasteiger partial charge in [0.2, 0.25) is 0 Å². The minimum absolute atomic E-state index is 0.0442. The highest BCUT2D eigenvalue weighted by molar-refractivity contribution is 6.75. The Morgan fingerprint density at radius 1 is 1.16 bits per heavy atom. The maximum Gasteiger partial charge on any atom is 0.410 e. The number of hydrogen-bond acceptors (Lipinski definition) is 10. The minimum Gasteiger partial charge on any atom is -0.467 e. The fourth-order valence-corrected chi connectivity index (χ4v) is 8.32. The number of amides is 1. The molecule has 1 amide bonds. The fraction of sp³-hybridized carbons (Fsp3) is 0.625. The highest BCUT2D eigenvalue weighted by Crippen LogP contribution is 2.42. The second-order valence-electron chi connectivity index (χ2n) is 9.05. The molecular formula is C24H36N2O10Si. The number of nitro benzene ring substituents is 1. The molecule has 1 fully saturated rings. The summed E-state index contributed by atoms with van der Waals surface area (Å²) in [5.41, 5.74) is -0.0888. The first-order chi connectivity index (χ1) is 17.5. The minimum atomic E-state index is -2.40. The van der Waals surface area contributed by atoms with Crippen LogP contribution in [-0.2, 0) is 29.9 Å². The summed E-state index contributed by atoms with van der Waals surface area (Å²) in [7, 11) is 1.37. The van der Waals surface area contributed by atoms with E-state index in [1.165, 1.54) is 32.3 Å². The Morgan fingerprint density at radius 2 is 1.81 bits per heavy atom. The van der Waals surface area contributed by atoms with Crippen LogP contribution >= 0.6 is 0 Å². The normalized spacial score (nSPS) is 17.8. The Hall–Kier alpha value is -3.03. The van der Waals surface area contributed by atoms with Crippen LogP contribution in [0.25, 0.3) is 0 Å². The van der Waals surface area contributed by atoms with Gasteiger partial charge in [0.25, 0.3) is 5.69 Å². The SMILES string of the molecule is CC[Si](CC)(O[C@@H](Cc1c(OCOC)cc(C(=O)OC)cc1[N+](=O)[O-])[C@@H]1[C@H](C=O)N1C(=O)OC)C(C)C. The molecule has 1 heterocycles. The van der Waals surface area contributed by atoms with E-state index in [1.54, 1.807) is 0 Å². The number of methoxy groups -OCH3 is 3. The Morgan fingerprint density at radius 3 is 2.27 bits per heavy atom. The molecule has 1 aliphatic rings. The monoisotopic (exact) mass is 540 g/mol. The quantitative estimate of drug-likeness (QED) is 0.0651. The van der Waals surface area contributed by atoms with Crippen molar-refractivity contribution in [1.82, 2.24) is 4.90 Å². The Bertz CT molecular complexity index is 998. The van der Waals surface area contributed by atoms with Crippen LogP contribution in [0.1, 0.15) is 43.6 Å². The number of hydrogen-bond donors (Lipinski definition) is 0. The predicted molar refractivity (Wildman–Crippen MR) is 135 cm³/mol. The second kappa shape index (κ2) is 13.0. The van der Waals surface area contributed by atoms with Crippen molar-refractivity contribution >= 4 is 32.4 Å². The van der Waals surface area contributed by atoms with E-state index in [0.29, 0.717) is 6.29 Å². The summed E-state index contributed by atoms with van der Waals surface area (Å²) in [4.78, 5) is 49.2. The fourth-order valence-electron chi connectivity index (χ4n) is 4.75. The van der Waals surface area contributed by atoms with Crippen molar-refractivity contribution in [3.8, 4) is 5.75 Å². The molecule has 37 heavy (non-hydrogen) atoms. The third kappa shape index (κ3) is 6.46. The molecule has 1 aromatic carbocycles. The van der Waals surface area contributed by atoms with Crippen molar-refractivity contribution < 1.29 is 42.7 Å². The zero-order chi connectivity index (χ0) is 27.9. The molecule has 0 bridgehead atoms. The summed E-state index contributed by atoms with van der Waals surface area (Å²) in [6.07, 6.45) is -0.866. The molecule has 206 valence electrons. The predicted octanol–water partition coefficient (Wildman–Crippen LogP) is 3.71. The molecule has 1 aromatic rings. The summed E-state index contributed by atoms with van der Waals surface area (Å²) in [6, 6.07) is 2.53. The van der Waals surface area contributed by atoms with Crippen molar-refractivity contribution in [3.63, 3.8) is 0 Å². The number of esters is 1. The van der Waals surface area contributed by atoms with E-state index >= 15 is 0 Å². The van der Waals surface area contributed by atoms with E-state index in [1.807, 2.05) is 13.8 Å². The number of nitrogens with zero attached hydrogens (tertiary/aromatic N) is 2. The zero-order valence-electron chi connectivity index (χ0n) is 22.3. The molecule has 0 radical (unpaired) electrons. The lowest BCUT2D eigenvalue weighted by atomic mass is 9.99. The van der Waals surface area contributed by atoms with Gasteiger partial charge in [-0.05, 0) is 23.7 Å². The summed E-state index contributed by atoms with van der Waals surface area (Å²) in [6.45, 7) is 7.98. The Balaban J connectivity index is 2.68. The van der Waals surface area contributed by atoms with Crippen LogP contribution in [0.5, 0.6) is 5.75 Å². The van der Waals surface area contributed by atoms with Crippen molar-refractivity contribution in [2.45, 2.75) is 69.9 Å². The van der Waals surface area contributed by atoms with E-state index in [2.05, 4.69) is 13.8 Å². The molecule has 1 saturated heterocycles. The van der Waals surface area contributed by atoms with E-state index in [9.17, 15) is 24.5 Å². The molecule has 3 atom stereocenters. The second-order valence-corrected chi connectivity index (χ2v) is 14.0. The summed E-state index contributed by atoms with van der Waals surface area (Å²) in [5.74, 6) is -0.726. The van der Waals surface area contributed by atoms with Gasteiger partial charge in [0, 0.05) is 19.6 Å². The first kappa shape index (κ1) is 30.2. The maximum atomic E-state index is 12.4. The van der Waals surface area contributed by atoms with Gasteiger partial charge in [0.05, 0.1) is 42.4 Å². The summed E-state index contributed by atoms with van der Waals surface area (Å²) >= 11 is 0. The van der Waals surface area contributed by atoms with E-state index in [4.69, 9.17) is 23.4 Å². The standard InChI is InChI=1S/C24H36N2O10Si/c1-8-37(9-2,15(3)4)36-21(22-19(13-27)25(22)24(29)34-7)12-17-18(26(30)31)10-16(23(28)33-6)11-20(17)35-14-32-5/h10-11,13,15,19,21-22H,8-9,12,14H2,1-7H3/t19-,21-,22-,25?/m0/s1. The average molecular weight is 541 g/mol. The van der Waals surface area contributed by atoms with Crippen LogP contribution in [0.3, 0.4) is 0 Å². The molecule has 0 spiro atoms. The first-order valence-electron chi connectivity index (χ1n) is 12.1. The molecule has 0 aliphatic carbocycles. The van der Waals surface area contributed by atoms with Crippen molar-refractivity contribution in [2.24, 2.45) is 0 Å². The number of carbonyl (C=O) groups excluding carboxylic acids is 3. The van der Waals surface area contributed by atoms with Crippen LogP contribution in [0.2, 0.25) is 17.6 Å². The summed E-state index contributed by atoms with van der Waals surface area (Å²) in [5, 5.41) is 12.1. The number of aldehydes is 1. The van der Waals surface area contributed by atoms with Gasteiger partial charge in [0.1, 0.15) is 18.1 Å². The molecule has 0 N–H and O–H groups in total. The largest absolute Gasteiger partial charge is 0.467 e. The Labute approximate surface area is 217 Å². The van der Waals surface area contributed by atoms with Gasteiger partial charge in [-0.15, -0.1) is 0 Å². The van der Waals surface area contributed by atoms with Gasteiger partial charge in [-0.25, -0.2) is 9.59 Å². The van der Waals surface area contributed by atoms with E-state index < -0.39 is 43.5 Å². The average Bonchev–Trinajstić information content (AvgIpc) is 3.63. The van der Waals surface area contributed by atoms with Gasteiger partial charge in [-0.3, -0.25) is 15.0 Å². The Kier molecular flexibility index (Phi) is 10.6. The lowest BCUT2D eigenvalue weighted by molar-refractivity contribution is -0.385. The number of nitro groups is 1. The topological polar surface area (TPSA) is 144 Å². The van der Waals surface area contributed by atoms with E-state index in [-0.39, 0.29) is 41.3 Å². The van der Waals surface area contributed by atoms with Crippen LogP contribution in [-0.4, -0.2) is 82.8 Å². The molecular weight excluding hydrogens is 504 g/mol. The van der Waals surface area contributed by atoms with E-state index in [0.717, 1.165) is 18.2 Å². The summed E-state index contributed by atoms with van der Waals surface area (Å²) < 4.78 is 27.0. The first-order valence-corrected chi connectivity index (χ1v) is 14.5. The smallest absolute Gasteiger partial charge is 0.410 e. The number of ether oxygens (including phenoxy) is 4. The van der Waals surface area contributed by atoms with Gasteiger partial charge >= 0.3 is 12.1 Å². The van der Waals surface area contributed by atoms with Gasteiger partial charge in [-0.1, -0.05) is 27.7 Å². The third-order valence-corrected chi connectivity index (χ3v) is 12.3. The van der Waals surface area contributed by atoms with Crippen LogP contribution in [0, 0.1) is 10.1 Å². The molecule has 1 aliphatic heterocycles. The van der Waals surface area contributed by atoms with Crippen molar-refractivity contribution in [1.29, 1.82) is 0 Å². The van der Waals surface area contributed by atoms with Crippen molar-refractivity contribution in [3.05, 3.63) is 33.4 Å². The molecule has 0 saturated carbocycles. The number of benzene rings is 1. The third-order valence-electron chi connectivity index (χ3n) is 6.98. The zero-order valence-corrected chi connectivity index (χ0v) is 23.3. The lowest BCUT2D eigenvalue weighted by Crippen LogP contribution is -2.46. The number of carbonyl (C=O) groups is 3. The molecule has 13 heteroatoms. The molecule has 0 aromatic heterocycles. The van der Waals surface area contributed by atoms with Gasteiger partial charge in [0.15, 0.2) is 15.1 Å². The van der Waals surface area contributed by atoms with Crippen LogP contribution in [0.4, 0.5) is 10.5 Å². The highest BCUT2D eigenvalue weighted by Gasteiger charge is 2.58. The lowest BCUT2D eigenvalue weighted by Gasteiger charge is -2.37. The van der Waals surface area contributed by atoms with Crippen LogP contribution < -0.4 is 4.74 Å².